The lowest BCUT2D eigenvalue weighted by molar-refractivity contribution is -0.144. The third-order valence-electron chi connectivity index (χ3n) is 6.14. The van der Waals surface area contributed by atoms with Crippen molar-refractivity contribution >= 4 is 39.0 Å². The van der Waals surface area contributed by atoms with Crippen molar-refractivity contribution in [3.8, 4) is 5.69 Å². The standard InChI is InChI=1S/C27H33N5O9S/c1-6-39-26(35)22-15(2)13-18-23(16(22)3)24(33)32(19-9-7-8-10-20(19)42(37,38)29-5)21(31-18)14-41-27(36)30-11-12-40-25(34)17(4)28/h7-10,13,17,29H,6,11-12,14,28H2,1-5H3,(H,30,36). The zero-order valence-corrected chi connectivity index (χ0v) is 24.7. The first-order chi connectivity index (χ1) is 19.8. The van der Waals surface area contributed by atoms with E-state index in [1.165, 1.54) is 44.3 Å². The number of nitrogens with one attached hydrogen (secondary N) is 2. The van der Waals surface area contributed by atoms with Gasteiger partial charge in [0.25, 0.3) is 5.56 Å². The zero-order chi connectivity index (χ0) is 31.2. The van der Waals surface area contributed by atoms with Gasteiger partial charge >= 0.3 is 18.0 Å². The first-order valence-corrected chi connectivity index (χ1v) is 14.4. The summed E-state index contributed by atoms with van der Waals surface area (Å²) in [4.78, 5) is 55.0. The summed E-state index contributed by atoms with van der Waals surface area (Å²) in [5.74, 6) is -1.34. The molecule has 0 fully saturated rings. The Bertz CT molecular complexity index is 1680. The van der Waals surface area contributed by atoms with Gasteiger partial charge in [-0.25, -0.2) is 27.7 Å². The van der Waals surface area contributed by atoms with Gasteiger partial charge in [0, 0.05) is 0 Å². The van der Waals surface area contributed by atoms with Crippen LogP contribution in [0.15, 0.2) is 40.0 Å². The molecule has 0 saturated carbocycles. The molecule has 4 N–H and O–H groups in total. The van der Waals surface area contributed by atoms with Gasteiger partial charge in [-0.2, -0.15) is 0 Å². The number of alkyl carbamates (subject to hydrolysis) is 1. The van der Waals surface area contributed by atoms with E-state index in [-0.39, 0.29) is 52.6 Å². The third kappa shape index (κ3) is 6.92. The lowest BCUT2D eigenvalue weighted by Gasteiger charge is -2.19. The van der Waals surface area contributed by atoms with Crippen LogP contribution in [0.2, 0.25) is 0 Å². The van der Waals surface area contributed by atoms with E-state index in [0.29, 0.717) is 11.1 Å². The maximum absolute atomic E-state index is 14.1. The summed E-state index contributed by atoms with van der Waals surface area (Å²) in [5, 5.41) is 2.46. The average Bonchev–Trinajstić information content (AvgIpc) is 2.93. The molecule has 0 radical (unpaired) electrons. The first kappa shape index (κ1) is 32.2. The van der Waals surface area contributed by atoms with Crippen LogP contribution < -0.4 is 21.3 Å². The second kappa shape index (κ2) is 13.5. The van der Waals surface area contributed by atoms with Crippen molar-refractivity contribution in [1.82, 2.24) is 19.6 Å². The number of para-hydroxylation sites is 1. The van der Waals surface area contributed by atoms with E-state index in [2.05, 4.69) is 15.0 Å². The molecular formula is C27H33N5O9S. The van der Waals surface area contributed by atoms with Crippen molar-refractivity contribution in [2.45, 2.75) is 45.2 Å². The van der Waals surface area contributed by atoms with Crippen LogP contribution in [0.1, 0.15) is 41.2 Å². The van der Waals surface area contributed by atoms with E-state index < -0.39 is 46.3 Å². The van der Waals surface area contributed by atoms with Gasteiger partial charge in [0.05, 0.1) is 35.3 Å². The second-order valence-corrected chi connectivity index (χ2v) is 11.0. The number of hydrogen-bond donors (Lipinski definition) is 3. The molecule has 2 aromatic carbocycles. The number of rotatable bonds is 11. The highest BCUT2D eigenvalue weighted by Crippen LogP contribution is 2.26. The number of esters is 2. The lowest BCUT2D eigenvalue weighted by atomic mass is 9.98. The van der Waals surface area contributed by atoms with Crippen molar-refractivity contribution in [3.63, 3.8) is 0 Å². The number of amides is 1. The van der Waals surface area contributed by atoms with Gasteiger partial charge in [-0.15, -0.1) is 0 Å². The number of ether oxygens (including phenoxy) is 3. The number of carbonyl (C=O) groups excluding carboxylic acids is 3. The molecule has 0 aliphatic heterocycles. The number of nitrogens with two attached hydrogens (primary N) is 1. The summed E-state index contributed by atoms with van der Waals surface area (Å²) >= 11 is 0. The molecule has 0 bridgehead atoms. The molecule has 3 rings (SSSR count). The number of benzene rings is 2. The number of aryl methyl sites for hydroxylation is 2. The predicted octanol–water partition coefficient (Wildman–Crippen LogP) is 1.20. The highest BCUT2D eigenvalue weighted by molar-refractivity contribution is 7.89. The van der Waals surface area contributed by atoms with E-state index in [1.54, 1.807) is 20.8 Å². The zero-order valence-electron chi connectivity index (χ0n) is 23.8. The topological polar surface area (TPSA) is 198 Å². The number of hydrogen-bond acceptors (Lipinski definition) is 11. The third-order valence-corrected chi connectivity index (χ3v) is 7.60. The molecule has 1 amide bonds. The van der Waals surface area contributed by atoms with Crippen LogP contribution in [0.4, 0.5) is 4.79 Å². The van der Waals surface area contributed by atoms with Gasteiger partial charge in [-0.1, -0.05) is 12.1 Å². The lowest BCUT2D eigenvalue weighted by Crippen LogP contribution is -2.33. The Morgan fingerprint density at radius 1 is 1.12 bits per heavy atom. The van der Waals surface area contributed by atoms with Crippen LogP contribution in [-0.2, 0) is 35.6 Å². The van der Waals surface area contributed by atoms with Gasteiger partial charge < -0.3 is 25.3 Å². The molecular weight excluding hydrogens is 570 g/mol. The van der Waals surface area contributed by atoms with Gasteiger partial charge in [-0.05, 0) is 64.1 Å². The molecule has 226 valence electrons. The predicted molar refractivity (Wildman–Crippen MR) is 152 cm³/mol. The van der Waals surface area contributed by atoms with Crippen molar-refractivity contribution < 1.29 is 37.0 Å². The monoisotopic (exact) mass is 603 g/mol. The number of sulfonamides is 1. The normalized spacial score (nSPS) is 12.0. The molecule has 1 atom stereocenters. The summed E-state index contributed by atoms with van der Waals surface area (Å²) in [7, 11) is -2.82. The first-order valence-electron chi connectivity index (χ1n) is 12.9. The van der Waals surface area contributed by atoms with E-state index in [4.69, 9.17) is 19.9 Å². The van der Waals surface area contributed by atoms with Gasteiger partial charge in [0.1, 0.15) is 17.5 Å². The molecule has 0 spiro atoms. The molecule has 1 aromatic heterocycles. The van der Waals surface area contributed by atoms with E-state index >= 15 is 0 Å². The summed E-state index contributed by atoms with van der Waals surface area (Å²) in [6, 6.07) is 6.46. The number of nitrogens with zero attached hydrogens (tertiary/aromatic N) is 2. The molecule has 1 unspecified atom stereocenters. The maximum atomic E-state index is 14.1. The Morgan fingerprint density at radius 3 is 2.45 bits per heavy atom. The average molecular weight is 604 g/mol. The van der Waals surface area contributed by atoms with Crippen LogP contribution >= 0.6 is 0 Å². The van der Waals surface area contributed by atoms with E-state index in [0.717, 1.165) is 4.57 Å². The summed E-state index contributed by atoms with van der Waals surface area (Å²) in [6.45, 7) is 5.73. The second-order valence-electron chi connectivity index (χ2n) is 9.11. The fraction of sp³-hybridized carbons (Fsp3) is 0.370. The minimum absolute atomic E-state index is 0.0502. The molecule has 0 aliphatic carbocycles. The molecule has 3 aromatic rings. The maximum Gasteiger partial charge on any atom is 0.407 e. The van der Waals surface area contributed by atoms with Crippen LogP contribution in [0.25, 0.3) is 16.6 Å². The van der Waals surface area contributed by atoms with Crippen LogP contribution in [-0.4, -0.2) is 68.8 Å². The Labute approximate surface area is 242 Å². The van der Waals surface area contributed by atoms with Gasteiger partial charge in [-0.3, -0.25) is 14.2 Å². The Kier molecular flexibility index (Phi) is 10.4. The minimum atomic E-state index is -4.05. The molecule has 15 heteroatoms. The van der Waals surface area contributed by atoms with Crippen molar-refractivity contribution in [1.29, 1.82) is 0 Å². The number of carbonyl (C=O) groups is 3. The number of aromatic nitrogens is 2. The Balaban J connectivity index is 2.13. The molecule has 1 heterocycles. The molecule has 42 heavy (non-hydrogen) atoms. The van der Waals surface area contributed by atoms with E-state index in [1.807, 2.05) is 0 Å². The Hall–Kier alpha value is -4.34. The molecule has 0 saturated heterocycles. The van der Waals surface area contributed by atoms with Crippen molar-refractivity contribution in [2.75, 3.05) is 26.8 Å². The van der Waals surface area contributed by atoms with Crippen LogP contribution in [0.3, 0.4) is 0 Å². The fourth-order valence-electron chi connectivity index (χ4n) is 4.20. The largest absolute Gasteiger partial charge is 0.463 e. The van der Waals surface area contributed by atoms with Crippen molar-refractivity contribution in [3.05, 3.63) is 63.2 Å². The number of fused-ring (bicyclic) bond motifs is 1. The summed E-state index contributed by atoms with van der Waals surface area (Å²) in [6.07, 6.45) is -0.908. The molecule has 0 aliphatic rings. The van der Waals surface area contributed by atoms with Crippen LogP contribution in [0.5, 0.6) is 0 Å². The fourth-order valence-corrected chi connectivity index (χ4v) is 5.11. The minimum Gasteiger partial charge on any atom is -0.463 e. The van der Waals surface area contributed by atoms with Crippen LogP contribution in [0, 0.1) is 13.8 Å². The molecule has 14 nitrogen and oxygen atoms in total. The van der Waals surface area contributed by atoms with Gasteiger partial charge in [0.2, 0.25) is 10.0 Å². The highest BCUT2D eigenvalue weighted by atomic mass is 32.2. The summed E-state index contributed by atoms with van der Waals surface area (Å²) in [5.41, 5.74) is 5.88. The Morgan fingerprint density at radius 2 is 1.81 bits per heavy atom. The highest BCUT2D eigenvalue weighted by Gasteiger charge is 2.25. The smallest absolute Gasteiger partial charge is 0.407 e. The van der Waals surface area contributed by atoms with Gasteiger partial charge in [0.15, 0.2) is 12.4 Å². The van der Waals surface area contributed by atoms with E-state index in [9.17, 15) is 27.6 Å². The SMILES string of the molecule is CCOC(=O)c1c(C)cc2nc(COC(=O)NCCOC(=O)C(C)N)n(-c3ccccc3S(=O)(=O)NC)c(=O)c2c1C. The quantitative estimate of drug-likeness (QED) is 0.162. The summed E-state index contributed by atoms with van der Waals surface area (Å²) < 4.78 is 44.3. The van der Waals surface area contributed by atoms with Crippen molar-refractivity contribution in [2.24, 2.45) is 5.73 Å².